The van der Waals surface area contributed by atoms with Crippen molar-refractivity contribution >= 4 is 21.8 Å². The first-order valence-corrected chi connectivity index (χ1v) is 7.99. The van der Waals surface area contributed by atoms with Gasteiger partial charge in [0, 0.05) is 4.47 Å². The van der Waals surface area contributed by atoms with Gasteiger partial charge in [0.05, 0.1) is 17.7 Å². The van der Waals surface area contributed by atoms with Gasteiger partial charge in [-0.3, -0.25) is 4.79 Å². The highest BCUT2D eigenvalue weighted by Gasteiger charge is 2.18. The molecule has 2 aromatic rings. The Hall–Kier alpha value is -1.75. The summed E-state index contributed by atoms with van der Waals surface area (Å²) < 4.78 is 12.1. The van der Waals surface area contributed by atoms with Crippen LogP contribution in [0.25, 0.3) is 0 Å². The van der Waals surface area contributed by atoms with E-state index in [1.54, 1.807) is 12.1 Å². The van der Waals surface area contributed by atoms with Crippen molar-refractivity contribution < 1.29 is 13.9 Å². The summed E-state index contributed by atoms with van der Waals surface area (Å²) in [5, 5.41) is 2.93. The van der Waals surface area contributed by atoms with Gasteiger partial charge in [-0.1, -0.05) is 15.9 Å². The fourth-order valence-corrected chi connectivity index (χ4v) is 2.41. The highest BCUT2D eigenvalue weighted by atomic mass is 79.9. The number of benzene rings is 1. The molecule has 0 aliphatic heterocycles. The minimum absolute atomic E-state index is 0.00834. The molecule has 0 aliphatic rings. The molecule has 4 nitrogen and oxygen atoms in total. The predicted octanol–water partition coefficient (Wildman–Crippen LogP) is 4.63. The molecule has 1 aromatic heterocycles. The standard InChI is InChI=1S/C17H20BrNO3/c1-10(2)21-16-9-13(18)6-7-14(16)17(20)19-12(4)15-8-5-11(3)22-15/h5-10,12H,1-4H3,(H,19,20). The lowest BCUT2D eigenvalue weighted by Gasteiger charge is -2.16. The summed E-state index contributed by atoms with van der Waals surface area (Å²) in [6.45, 7) is 7.62. The number of amides is 1. The van der Waals surface area contributed by atoms with Crippen molar-refractivity contribution in [1.82, 2.24) is 5.32 Å². The number of nitrogens with one attached hydrogen (secondary N) is 1. The molecule has 0 bridgehead atoms. The molecule has 1 atom stereocenters. The maximum Gasteiger partial charge on any atom is 0.255 e. The summed E-state index contributed by atoms with van der Waals surface area (Å²) >= 11 is 3.40. The normalized spacial score (nSPS) is 12.3. The molecule has 0 aliphatic carbocycles. The van der Waals surface area contributed by atoms with E-state index >= 15 is 0 Å². The second-order valence-electron chi connectivity index (χ2n) is 5.45. The predicted molar refractivity (Wildman–Crippen MR) is 89.2 cm³/mol. The van der Waals surface area contributed by atoms with Crippen LogP contribution in [-0.4, -0.2) is 12.0 Å². The topological polar surface area (TPSA) is 51.5 Å². The van der Waals surface area contributed by atoms with Gasteiger partial charge in [0.15, 0.2) is 0 Å². The average Bonchev–Trinajstić information content (AvgIpc) is 2.84. The number of carbonyl (C=O) groups is 1. The van der Waals surface area contributed by atoms with E-state index < -0.39 is 0 Å². The molecule has 5 heteroatoms. The smallest absolute Gasteiger partial charge is 0.255 e. The Balaban J connectivity index is 2.18. The van der Waals surface area contributed by atoms with Crippen molar-refractivity contribution in [2.75, 3.05) is 0 Å². The van der Waals surface area contributed by atoms with Crippen LogP contribution in [0, 0.1) is 6.92 Å². The average molecular weight is 366 g/mol. The number of carbonyl (C=O) groups excluding carboxylic acids is 1. The molecule has 22 heavy (non-hydrogen) atoms. The van der Waals surface area contributed by atoms with Crippen molar-refractivity contribution in [3.63, 3.8) is 0 Å². The lowest BCUT2D eigenvalue weighted by molar-refractivity contribution is 0.0929. The minimum Gasteiger partial charge on any atom is -0.490 e. The van der Waals surface area contributed by atoms with Crippen molar-refractivity contribution in [2.24, 2.45) is 0 Å². The first-order valence-electron chi connectivity index (χ1n) is 7.20. The maximum atomic E-state index is 12.5. The van der Waals surface area contributed by atoms with E-state index in [1.807, 2.05) is 45.9 Å². The molecule has 118 valence electrons. The van der Waals surface area contributed by atoms with E-state index in [-0.39, 0.29) is 18.1 Å². The van der Waals surface area contributed by atoms with Gasteiger partial charge in [-0.05, 0) is 58.0 Å². The first-order chi connectivity index (χ1) is 10.4. The zero-order valence-corrected chi connectivity index (χ0v) is 14.7. The largest absolute Gasteiger partial charge is 0.490 e. The summed E-state index contributed by atoms with van der Waals surface area (Å²) in [5.74, 6) is 1.92. The first kappa shape index (κ1) is 16.6. The quantitative estimate of drug-likeness (QED) is 0.840. The Labute approximate surface area is 139 Å². The molecular formula is C17H20BrNO3. The SMILES string of the molecule is Cc1ccc(C(C)NC(=O)c2ccc(Br)cc2OC(C)C)o1. The number of aryl methyl sites for hydroxylation is 1. The molecule has 1 N–H and O–H groups in total. The second kappa shape index (κ2) is 7.01. The molecule has 0 radical (unpaired) electrons. The van der Waals surface area contributed by atoms with Crippen LogP contribution in [0.15, 0.2) is 39.2 Å². The van der Waals surface area contributed by atoms with Crippen LogP contribution in [-0.2, 0) is 0 Å². The Kier molecular flexibility index (Phi) is 5.29. The molecule has 2 rings (SSSR count). The zero-order valence-electron chi connectivity index (χ0n) is 13.1. The van der Waals surface area contributed by atoms with Crippen LogP contribution >= 0.6 is 15.9 Å². The third-order valence-corrected chi connectivity index (χ3v) is 3.58. The Morgan fingerprint density at radius 2 is 1.95 bits per heavy atom. The van der Waals surface area contributed by atoms with E-state index in [2.05, 4.69) is 21.2 Å². The summed E-state index contributed by atoms with van der Waals surface area (Å²) in [6.07, 6.45) is -0.00834. The lowest BCUT2D eigenvalue weighted by Crippen LogP contribution is -2.27. The van der Waals surface area contributed by atoms with Crippen molar-refractivity contribution in [2.45, 2.75) is 39.8 Å². The van der Waals surface area contributed by atoms with E-state index in [1.165, 1.54) is 0 Å². The van der Waals surface area contributed by atoms with Gasteiger partial charge < -0.3 is 14.5 Å². The molecule has 1 heterocycles. The highest BCUT2D eigenvalue weighted by molar-refractivity contribution is 9.10. The number of ether oxygens (including phenoxy) is 1. The Bertz CT molecular complexity index is 664. The van der Waals surface area contributed by atoms with Crippen LogP contribution in [0.5, 0.6) is 5.75 Å². The Morgan fingerprint density at radius 1 is 1.23 bits per heavy atom. The fourth-order valence-electron chi connectivity index (χ4n) is 2.07. The van der Waals surface area contributed by atoms with Gasteiger partial charge in [0.25, 0.3) is 5.91 Å². The number of hydrogen-bond acceptors (Lipinski definition) is 3. The van der Waals surface area contributed by atoms with E-state index in [0.29, 0.717) is 11.3 Å². The van der Waals surface area contributed by atoms with E-state index in [0.717, 1.165) is 16.0 Å². The van der Waals surface area contributed by atoms with Crippen molar-refractivity contribution in [3.05, 3.63) is 51.9 Å². The van der Waals surface area contributed by atoms with Crippen LogP contribution in [0.4, 0.5) is 0 Å². The summed E-state index contributed by atoms with van der Waals surface area (Å²) in [5.41, 5.74) is 0.507. The van der Waals surface area contributed by atoms with Crippen LogP contribution in [0.1, 0.15) is 48.7 Å². The van der Waals surface area contributed by atoms with E-state index in [9.17, 15) is 4.79 Å². The van der Waals surface area contributed by atoms with Crippen LogP contribution in [0.3, 0.4) is 0 Å². The molecule has 1 aromatic carbocycles. The third kappa shape index (κ3) is 4.13. The molecule has 0 spiro atoms. The molecule has 0 fully saturated rings. The van der Waals surface area contributed by atoms with E-state index in [4.69, 9.17) is 9.15 Å². The number of furan rings is 1. The van der Waals surface area contributed by atoms with Crippen LogP contribution < -0.4 is 10.1 Å². The molecule has 1 unspecified atom stereocenters. The second-order valence-corrected chi connectivity index (χ2v) is 6.37. The van der Waals surface area contributed by atoms with Crippen LogP contribution in [0.2, 0.25) is 0 Å². The van der Waals surface area contributed by atoms with Crippen molar-refractivity contribution in [1.29, 1.82) is 0 Å². The minimum atomic E-state index is -0.211. The fraction of sp³-hybridized carbons (Fsp3) is 0.353. The summed E-state index contributed by atoms with van der Waals surface area (Å²) in [6, 6.07) is 8.91. The number of hydrogen-bond donors (Lipinski definition) is 1. The molecule has 0 saturated carbocycles. The number of halogens is 1. The molecule has 0 saturated heterocycles. The zero-order chi connectivity index (χ0) is 16.3. The van der Waals surface area contributed by atoms with Gasteiger partial charge in [0.2, 0.25) is 0 Å². The van der Waals surface area contributed by atoms with Gasteiger partial charge in [-0.15, -0.1) is 0 Å². The summed E-state index contributed by atoms with van der Waals surface area (Å²) in [4.78, 5) is 12.5. The third-order valence-electron chi connectivity index (χ3n) is 3.09. The lowest BCUT2D eigenvalue weighted by atomic mass is 10.1. The molecular weight excluding hydrogens is 346 g/mol. The van der Waals surface area contributed by atoms with Gasteiger partial charge >= 0.3 is 0 Å². The van der Waals surface area contributed by atoms with Gasteiger partial charge in [0.1, 0.15) is 17.3 Å². The van der Waals surface area contributed by atoms with Crippen molar-refractivity contribution in [3.8, 4) is 5.75 Å². The maximum absolute atomic E-state index is 12.5. The highest BCUT2D eigenvalue weighted by Crippen LogP contribution is 2.26. The monoisotopic (exact) mass is 365 g/mol. The summed E-state index contributed by atoms with van der Waals surface area (Å²) in [7, 11) is 0. The van der Waals surface area contributed by atoms with Gasteiger partial charge in [-0.25, -0.2) is 0 Å². The number of rotatable bonds is 5. The van der Waals surface area contributed by atoms with Gasteiger partial charge in [-0.2, -0.15) is 0 Å². The Morgan fingerprint density at radius 3 is 2.55 bits per heavy atom. The molecule has 1 amide bonds.